The molecule has 0 unspecified atom stereocenters. The lowest BCUT2D eigenvalue weighted by molar-refractivity contribution is -0.383. The van der Waals surface area contributed by atoms with E-state index >= 15 is 0 Å². The van der Waals surface area contributed by atoms with E-state index in [-0.39, 0.29) is 30.0 Å². The van der Waals surface area contributed by atoms with E-state index in [0.717, 1.165) is 0 Å². The van der Waals surface area contributed by atoms with Crippen LogP contribution in [0.4, 0.5) is 27.7 Å². The van der Waals surface area contributed by atoms with E-state index in [9.17, 15) is 19.7 Å². The molecule has 1 fully saturated rings. The number of rotatable bonds is 8. The summed E-state index contributed by atoms with van der Waals surface area (Å²) in [5.74, 6) is -0.00637. The Morgan fingerprint density at radius 2 is 1.72 bits per heavy atom. The van der Waals surface area contributed by atoms with Crippen LogP contribution in [-0.4, -0.2) is 47.6 Å². The predicted octanol–water partition coefficient (Wildman–Crippen LogP) is 5.11. The minimum atomic E-state index is -0.700. The average molecular weight is 491 g/mol. The number of hydrogen-bond acceptors (Lipinski definition) is 9. The molecule has 1 aliphatic heterocycles. The molecular weight excluding hydrogens is 464 g/mol. The van der Waals surface area contributed by atoms with Gasteiger partial charge >= 0.3 is 11.8 Å². The molecule has 0 aliphatic carbocycles. The first-order valence-electron chi connectivity index (χ1n) is 11.6. The Kier molecular flexibility index (Phi) is 7.74. The molecule has 4 rings (SSSR count). The van der Waals surface area contributed by atoms with Crippen molar-refractivity contribution >= 4 is 34.8 Å². The second-order valence-electron chi connectivity index (χ2n) is 8.17. The van der Waals surface area contributed by atoms with E-state index in [1.165, 1.54) is 6.20 Å². The third-order valence-corrected chi connectivity index (χ3v) is 5.84. The van der Waals surface area contributed by atoms with Crippen molar-refractivity contribution < 1.29 is 24.0 Å². The summed E-state index contributed by atoms with van der Waals surface area (Å²) in [6.07, 6.45) is 1.57. The zero-order valence-corrected chi connectivity index (χ0v) is 19.8. The van der Waals surface area contributed by atoms with Crippen molar-refractivity contribution in [3.63, 3.8) is 0 Å². The first-order valence-corrected chi connectivity index (χ1v) is 11.6. The summed E-state index contributed by atoms with van der Waals surface area (Å²) in [5, 5.41) is 15.0. The number of hydrogen-bond donors (Lipinski definition) is 1. The van der Waals surface area contributed by atoms with Gasteiger partial charge in [-0.05, 0) is 37.3 Å². The van der Waals surface area contributed by atoms with Crippen LogP contribution >= 0.6 is 0 Å². The van der Waals surface area contributed by atoms with E-state index in [1.807, 2.05) is 11.0 Å². The van der Waals surface area contributed by atoms with Crippen molar-refractivity contribution in [1.82, 2.24) is 4.98 Å². The summed E-state index contributed by atoms with van der Waals surface area (Å²) < 4.78 is 10.1. The molecule has 1 aliphatic rings. The van der Waals surface area contributed by atoms with Crippen LogP contribution in [0, 0.1) is 10.1 Å². The molecule has 2 heterocycles. The quantitative estimate of drug-likeness (QED) is 0.199. The number of nitro groups is 1. The van der Waals surface area contributed by atoms with Crippen LogP contribution in [0.2, 0.25) is 0 Å². The Balaban J connectivity index is 1.48. The molecule has 186 valence electrons. The molecular formula is C26H26N4O6. The first-order chi connectivity index (χ1) is 17.5. The van der Waals surface area contributed by atoms with Crippen molar-refractivity contribution in [3.05, 3.63) is 88.1 Å². The van der Waals surface area contributed by atoms with Gasteiger partial charge in [-0.15, -0.1) is 0 Å². The number of carbonyl (C=O) groups is 2. The van der Waals surface area contributed by atoms with Crippen molar-refractivity contribution in [2.75, 3.05) is 29.9 Å². The van der Waals surface area contributed by atoms with Gasteiger partial charge in [0.25, 0.3) is 0 Å². The van der Waals surface area contributed by atoms with Crippen LogP contribution < -0.4 is 10.2 Å². The van der Waals surface area contributed by atoms with E-state index in [0.29, 0.717) is 48.4 Å². The molecule has 1 N–H and O–H groups in total. The lowest BCUT2D eigenvalue weighted by Gasteiger charge is -2.32. The van der Waals surface area contributed by atoms with Crippen LogP contribution in [0.15, 0.2) is 66.9 Å². The van der Waals surface area contributed by atoms with Crippen molar-refractivity contribution in [2.45, 2.75) is 25.9 Å². The Morgan fingerprint density at radius 3 is 2.36 bits per heavy atom. The lowest BCUT2D eigenvalue weighted by atomic mass is 10.0. The van der Waals surface area contributed by atoms with Gasteiger partial charge in [-0.3, -0.25) is 14.9 Å². The Morgan fingerprint density at radius 1 is 1.06 bits per heavy atom. The van der Waals surface area contributed by atoms with E-state index in [2.05, 4.69) is 10.3 Å². The van der Waals surface area contributed by atoms with Gasteiger partial charge in [-0.25, -0.2) is 9.78 Å². The summed E-state index contributed by atoms with van der Waals surface area (Å²) in [6, 6.07) is 17.3. The number of nitrogens with one attached hydrogen (secondary N) is 1. The number of anilines is 3. The highest BCUT2D eigenvalue weighted by molar-refractivity contribution is 6.09. The van der Waals surface area contributed by atoms with Crippen LogP contribution in [0.5, 0.6) is 0 Å². The van der Waals surface area contributed by atoms with Gasteiger partial charge in [0, 0.05) is 48.9 Å². The number of aromatic nitrogens is 1. The van der Waals surface area contributed by atoms with Gasteiger partial charge in [0.15, 0.2) is 5.78 Å². The molecule has 0 spiro atoms. The predicted molar refractivity (Wildman–Crippen MR) is 134 cm³/mol. The number of carbonyl (C=O) groups excluding carboxylic acids is 2. The zero-order valence-electron chi connectivity index (χ0n) is 19.8. The minimum absolute atomic E-state index is 0.101. The molecule has 0 saturated carbocycles. The third kappa shape index (κ3) is 5.77. The molecule has 2 aromatic carbocycles. The first kappa shape index (κ1) is 24.6. The fraction of sp³-hybridized carbons (Fsp3) is 0.269. The number of ketones is 1. The van der Waals surface area contributed by atoms with Crippen LogP contribution in [0.25, 0.3) is 0 Å². The number of benzene rings is 2. The molecule has 10 heteroatoms. The summed E-state index contributed by atoms with van der Waals surface area (Å²) in [7, 11) is 0. The summed E-state index contributed by atoms with van der Waals surface area (Å²) >= 11 is 0. The van der Waals surface area contributed by atoms with Gasteiger partial charge in [-0.1, -0.05) is 30.3 Å². The number of nitrogens with zero attached hydrogens (tertiary/aromatic N) is 3. The van der Waals surface area contributed by atoms with Gasteiger partial charge in [0.1, 0.15) is 11.8 Å². The summed E-state index contributed by atoms with van der Waals surface area (Å²) in [6.45, 7) is 2.90. The molecule has 0 amide bonds. The Hall–Kier alpha value is -4.47. The average Bonchev–Trinajstić information content (AvgIpc) is 2.89. The second kappa shape index (κ2) is 11.3. The van der Waals surface area contributed by atoms with Crippen LogP contribution in [0.1, 0.15) is 35.7 Å². The highest BCUT2D eigenvalue weighted by atomic mass is 16.7. The minimum Gasteiger partial charge on any atom is -0.435 e. The highest BCUT2D eigenvalue weighted by Crippen LogP contribution is 2.36. The van der Waals surface area contributed by atoms with E-state index < -0.39 is 11.1 Å². The van der Waals surface area contributed by atoms with Gasteiger partial charge < -0.3 is 19.7 Å². The fourth-order valence-electron chi connectivity index (χ4n) is 4.07. The maximum Gasteiger partial charge on any atom is 0.508 e. The molecule has 36 heavy (non-hydrogen) atoms. The Labute approximate surface area is 208 Å². The molecule has 3 aromatic rings. The van der Waals surface area contributed by atoms with Gasteiger partial charge in [0.05, 0.1) is 11.5 Å². The maximum absolute atomic E-state index is 12.6. The number of ether oxygens (including phenoxy) is 2. The SMILES string of the molecule is CCOC(=O)OC1CCN(c2ccnc(Nc3ccc(C(=O)c4ccccc4)cc3)c2[N+](=O)[O-])CC1. The standard InChI is InChI=1S/C26H26N4O6/c1-2-35-26(32)36-21-13-16-29(17-14-21)22-12-15-27-25(23(22)30(33)34)28-20-10-8-19(9-11-20)24(31)18-6-4-3-5-7-18/h3-12,15,21H,2,13-14,16-17H2,1H3,(H,27,28). The highest BCUT2D eigenvalue weighted by Gasteiger charge is 2.29. The van der Waals surface area contributed by atoms with Crippen molar-refractivity contribution in [3.8, 4) is 0 Å². The Bertz CT molecular complexity index is 1220. The molecule has 0 radical (unpaired) electrons. The van der Waals surface area contributed by atoms with Gasteiger partial charge in [0.2, 0.25) is 5.82 Å². The molecule has 0 bridgehead atoms. The summed E-state index contributed by atoms with van der Waals surface area (Å²) in [4.78, 5) is 41.9. The normalized spacial score (nSPS) is 13.6. The smallest absolute Gasteiger partial charge is 0.435 e. The maximum atomic E-state index is 12.6. The molecule has 1 saturated heterocycles. The second-order valence-corrected chi connectivity index (χ2v) is 8.17. The van der Waals surface area contributed by atoms with Crippen LogP contribution in [0.3, 0.4) is 0 Å². The largest absolute Gasteiger partial charge is 0.508 e. The third-order valence-electron chi connectivity index (χ3n) is 5.84. The topological polar surface area (TPSA) is 124 Å². The summed E-state index contributed by atoms with van der Waals surface area (Å²) in [5.41, 5.74) is 1.94. The monoisotopic (exact) mass is 490 g/mol. The van der Waals surface area contributed by atoms with Crippen LogP contribution in [-0.2, 0) is 9.47 Å². The number of piperidine rings is 1. The van der Waals surface area contributed by atoms with E-state index in [1.54, 1.807) is 61.5 Å². The van der Waals surface area contributed by atoms with E-state index in [4.69, 9.17) is 9.47 Å². The number of pyridine rings is 1. The van der Waals surface area contributed by atoms with Crippen molar-refractivity contribution in [2.24, 2.45) is 0 Å². The molecule has 1 aromatic heterocycles. The molecule has 10 nitrogen and oxygen atoms in total. The fourth-order valence-corrected chi connectivity index (χ4v) is 4.07. The zero-order chi connectivity index (χ0) is 25.5. The van der Waals surface area contributed by atoms with Gasteiger partial charge in [-0.2, -0.15) is 0 Å². The van der Waals surface area contributed by atoms with Crippen molar-refractivity contribution in [1.29, 1.82) is 0 Å². The molecule has 0 atom stereocenters. The lowest BCUT2D eigenvalue weighted by Crippen LogP contribution is -2.38.